The Morgan fingerprint density at radius 1 is 1.26 bits per heavy atom. The molecule has 0 unspecified atom stereocenters. The highest BCUT2D eigenvalue weighted by Gasteiger charge is 2.28. The Morgan fingerprint density at radius 3 is 3.04 bits per heavy atom. The largest absolute Gasteiger partial charge is 0.454 e. The highest BCUT2D eigenvalue weighted by atomic mass is 16.7. The zero-order valence-corrected chi connectivity index (χ0v) is 12.6. The molecule has 1 fully saturated rings. The zero-order chi connectivity index (χ0) is 15.6. The Labute approximate surface area is 134 Å². The van der Waals surface area contributed by atoms with Crippen LogP contribution in [-0.2, 0) is 0 Å². The molecule has 6 nitrogen and oxygen atoms in total. The summed E-state index contributed by atoms with van der Waals surface area (Å²) in [6, 6.07) is 9.46. The standard InChI is InChI=1S/C17H17N3O3/c21-17(12-3-4-15-16(8-12)23-11-22-15)20-7-5-14(10-20)19-13-2-1-6-18-9-13/h1-4,6,8-9,14,19H,5,7,10-11H2/t14-/m0/s1. The number of nitrogens with zero attached hydrogens (tertiary/aromatic N) is 2. The van der Waals surface area contributed by atoms with Gasteiger partial charge in [-0.25, -0.2) is 0 Å². The summed E-state index contributed by atoms with van der Waals surface area (Å²) in [5.41, 5.74) is 1.62. The van der Waals surface area contributed by atoms with Gasteiger partial charge in [-0.2, -0.15) is 0 Å². The monoisotopic (exact) mass is 311 g/mol. The maximum Gasteiger partial charge on any atom is 0.254 e. The van der Waals surface area contributed by atoms with Crippen molar-refractivity contribution in [1.29, 1.82) is 0 Å². The number of anilines is 1. The van der Waals surface area contributed by atoms with Crippen LogP contribution in [0.5, 0.6) is 11.5 Å². The molecule has 1 amide bonds. The molecule has 23 heavy (non-hydrogen) atoms. The molecular formula is C17H17N3O3. The van der Waals surface area contributed by atoms with Crippen molar-refractivity contribution >= 4 is 11.6 Å². The molecule has 4 rings (SSSR count). The van der Waals surface area contributed by atoms with Crippen molar-refractivity contribution in [1.82, 2.24) is 9.88 Å². The summed E-state index contributed by atoms with van der Waals surface area (Å²) >= 11 is 0. The molecule has 118 valence electrons. The predicted octanol–water partition coefficient (Wildman–Crippen LogP) is 2.14. The Morgan fingerprint density at radius 2 is 2.17 bits per heavy atom. The molecule has 1 aromatic carbocycles. The molecule has 0 radical (unpaired) electrons. The molecule has 1 N–H and O–H groups in total. The number of likely N-dealkylation sites (tertiary alicyclic amines) is 1. The van der Waals surface area contributed by atoms with Crippen molar-refractivity contribution < 1.29 is 14.3 Å². The molecule has 1 saturated heterocycles. The average Bonchev–Trinajstić information content (AvgIpc) is 3.23. The third-order valence-electron chi connectivity index (χ3n) is 4.13. The highest BCUT2D eigenvalue weighted by molar-refractivity contribution is 5.95. The predicted molar refractivity (Wildman–Crippen MR) is 84.7 cm³/mol. The van der Waals surface area contributed by atoms with Crippen LogP contribution in [0.1, 0.15) is 16.8 Å². The van der Waals surface area contributed by atoms with Crippen molar-refractivity contribution in [3.63, 3.8) is 0 Å². The van der Waals surface area contributed by atoms with Crippen molar-refractivity contribution in [3.05, 3.63) is 48.3 Å². The first-order valence-electron chi connectivity index (χ1n) is 7.65. The molecule has 3 heterocycles. The van der Waals surface area contributed by atoms with Crippen molar-refractivity contribution in [3.8, 4) is 11.5 Å². The zero-order valence-electron chi connectivity index (χ0n) is 12.6. The van der Waals surface area contributed by atoms with Gasteiger partial charge in [0, 0.05) is 37.1 Å². The van der Waals surface area contributed by atoms with Gasteiger partial charge in [0.15, 0.2) is 11.5 Å². The quantitative estimate of drug-likeness (QED) is 0.941. The number of carbonyl (C=O) groups excluding carboxylic acids is 1. The van der Waals surface area contributed by atoms with Crippen LogP contribution >= 0.6 is 0 Å². The molecule has 1 atom stereocenters. The van der Waals surface area contributed by atoms with E-state index in [9.17, 15) is 4.79 Å². The minimum absolute atomic E-state index is 0.0267. The molecule has 6 heteroatoms. The van der Waals surface area contributed by atoms with Crippen LogP contribution in [0.2, 0.25) is 0 Å². The minimum atomic E-state index is 0.0267. The van der Waals surface area contributed by atoms with Crippen LogP contribution in [0.25, 0.3) is 0 Å². The lowest BCUT2D eigenvalue weighted by molar-refractivity contribution is 0.0791. The van der Waals surface area contributed by atoms with Crippen LogP contribution in [-0.4, -0.2) is 41.7 Å². The maximum absolute atomic E-state index is 12.6. The second-order valence-electron chi connectivity index (χ2n) is 5.69. The third kappa shape index (κ3) is 2.79. The van der Waals surface area contributed by atoms with E-state index < -0.39 is 0 Å². The molecule has 0 bridgehead atoms. The van der Waals surface area contributed by atoms with E-state index in [0.717, 1.165) is 18.7 Å². The van der Waals surface area contributed by atoms with Gasteiger partial charge in [0.2, 0.25) is 6.79 Å². The first kappa shape index (κ1) is 13.9. The molecule has 0 spiro atoms. The smallest absolute Gasteiger partial charge is 0.254 e. The maximum atomic E-state index is 12.6. The number of amides is 1. The van der Waals surface area contributed by atoms with E-state index in [1.54, 1.807) is 30.6 Å². The average molecular weight is 311 g/mol. The summed E-state index contributed by atoms with van der Waals surface area (Å²) in [5, 5.41) is 3.42. The fourth-order valence-electron chi connectivity index (χ4n) is 2.96. The summed E-state index contributed by atoms with van der Waals surface area (Å²) in [5.74, 6) is 1.36. The third-order valence-corrected chi connectivity index (χ3v) is 4.13. The van der Waals surface area contributed by atoms with Crippen LogP contribution in [0.4, 0.5) is 5.69 Å². The summed E-state index contributed by atoms with van der Waals surface area (Å²) in [7, 11) is 0. The lowest BCUT2D eigenvalue weighted by Crippen LogP contribution is -2.31. The van der Waals surface area contributed by atoms with E-state index in [1.807, 2.05) is 17.0 Å². The van der Waals surface area contributed by atoms with Crippen LogP contribution in [0.15, 0.2) is 42.7 Å². The number of hydrogen-bond donors (Lipinski definition) is 1. The Kier molecular flexibility index (Phi) is 3.49. The highest BCUT2D eigenvalue weighted by Crippen LogP contribution is 2.33. The van der Waals surface area contributed by atoms with E-state index in [2.05, 4.69) is 10.3 Å². The summed E-state index contributed by atoms with van der Waals surface area (Å²) < 4.78 is 10.6. The summed E-state index contributed by atoms with van der Waals surface area (Å²) in [6.45, 7) is 1.64. The van der Waals surface area contributed by atoms with Gasteiger partial charge in [-0.3, -0.25) is 9.78 Å². The topological polar surface area (TPSA) is 63.7 Å². The first-order valence-corrected chi connectivity index (χ1v) is 7.65. The second-order valence-corrected chi connectivity index (χ2v) is 5.69. The lowest BCUT2D eigenvalue weighted by atomic mass is 10.2. The van der Waals surface area contributed by atoms with E-state index in [-0.39, 0.29) is 18.7 Å². The van der Waals surface area contributed by atoms with Gasteiger partial charge >= 0.3 is 0 Å². The van der Waals surface area contributed by atoms with Gasteiger partial charge in [-0.1, -0.05) is 0 Å². The van der Waals surface area contributed by atoms with Crippen molar-refractivity contribution in [2.45, 2.75) is 12.5 Å². The van der Waals surface area contributed by atoms with Crippen LogP contribution < -0.4 is 14.8 Å². The van der Waals surface area contributed by atoms with E-state index in [4.69, 9.17) is 9.47 Å². The number of carbonyl (C=O) groups is 1. The number of pyridine rings is 1. The molecular weight excluding hydrogens is 294 g/mol. The molecule has 2 aliphatic rings. The molecule has 2 aliphatic heterocycles. The van der Waals surface area contributed by atoms with Gasteiger partial charge in [0.1, 0.15) is 0 Å². The molecule has 1 aromatic heterocycles. The fraction of sp³-hybridized carbons (Fsp3) is 0.294. The second kappa shape index (κ2) is 5.79. The van der Waals surface area contributed by atoms with Crippen LogP contribution in [0, 0.1) is 0 Å². The molecule has 2 aromatic rings. The van der Waals surface area contributed by atoms with Gasteiger partial charge in [-0.15, -0.1) is 0 Å². The Hall–Kier alpha value is -2.76. The number of rotatable bonds is 3. The van der Waals surface area contributed by atoms with Gasteiger partial charge < -0.3 is 19.7 Å². The van der Waals surface area contributed by atoms with Gasteiger partial charge in [0.25, 0.3) is 5.91 Å². The van der Waals surface area contributed by atoms with E-state index in [1.165, 1.54) is 0 Å². The first-order chi connectivity index (χ1) is 11.3. The number of benzene rings is 1. The van der Waals surface area contributed by atoms with Gasteiger partial charge in [0.05, 0.1) is 5.69 Å². The Bertz CT molecular complexity index is 720. The lowest BCUT2D eigenvalue weighted by Gasteiger charge is -2.18. The number of hydrogen-bond acceptors (Lipinski definition) is 5. The Balaban J connectivity index is 1.42. The minimum Gasteiger partial charge on any atom is -0.454 e. The SMILES string of the molecule is O=C(c1ccc2c(c1)OCO2)N1CC[C@H](Nc2cccnc2)C1. The number of aromatic nitrogens is 1. The van der Waals surface area contributed by atoms with E-state index in [0.29, 0.717) is 23.6 Å². The van der Waals surface area contributed by atoms with E-state index >= 15 is 0 Å². The number of nitrogens with one attached hydrogen (secondary N) is 1. The number of ether oxygens (including phenoxy) is 2. The molecule has 0 aliphatic carbocycles. The fourth-order valence-corrected chi connectivity index (χ4v) is 2.96. The molecule has 0 saturated carbocycles. The van der Waals surface area contributed by atoms with Crippen molar-refractivity contribution in [2.24, 2.45) is 0 Å². The summed E-state index contributed by atoms with van der Waals surface area (Å²) in [6.07, 6.45) is 4.46. The van der Waals surface area contributed by atoms with Gasteiger partial charge in [-0.05, 0) is 36.8 Å². The van der Waals surface area contributed by atoms with Crippen molar-refractivity contribution in [2.75, 3.05) is 25.2 Å². The summed E-state index contributed by atoms with van der Waals surface area (Å²) in [4.78, 5) is 18.6. The normalized spacial score (nSPS) is 19.0. The van der Waals surface area contributed by atoms with Crippen LogP contribution in [0.3, 0.4) is 0 Å². The number of fused-ring (bicyclic) bond motifs is 1.